The first-order valence-electron chi connectivity index (χ1n) is 9.95. The van der Waals surface area contributed by atoms with Crippen LogP contribution in [-0.4, -0.2) is 57.8 Å². The number of rotatable bonds is 14. The third-order valence-electron chi connectivity index (χ3n) is 3.61. The lowest BCUT2D eigenvalue weighted by atomic mass is 10.1. The molecule has 1 aromatic carbocycles. The summed E-state index contributed by atoms with van der Waals surface area (Å²) in [6, 6.07) is 8.08. The van der Waals surface area contributed by atoms with Gasteiger partial charge in [-0.3, -0.25) is 0 Å². The van der Waals surface area contributed by atoms with Crippen LogP contribution in [-0.2, 0) is 20.6 Å². The molecule has 3 N–H and O–H groups in total. The van der Waals surface area contributed by atoms with Crippen LogP contribution in [0.3, 0.4) is 0 Å². The van der Waals surface area contributed by atoms with Gasteiger partial charge in [-0.05, 0) is 57.7 Å². The lowest BCUT2D eigenvalue weighted by Crippen LogP contribution is -2.33. The number of hydrogen-bond acceptors (Lipinski definition) is 6. The van der Waals surface area contributed by atoms with E-state index in [1.54, 1.807) is 0 Å². The fraction of sp³-hybridized carbons (Fsp3) is 0.667. The lowest BCUT2D eigenvalue weighted by molar-refractivity contribution is 0.0388. The van der Waals surface area contributed by atoms with Crippen LogP contribution in [0.5, 0.6) is 5.75 Å². The second-order valence-corrected chi connectivity index (χ2v) is 7.39. The predicted molar refractivity (Wildman–Crippen MR) is 110 cm³/mol. The number of ether oxygens (including phenoxy) is 4. The van der Waals surface area contributed by atoms with E-state index in [0.717, 1.165) is 25.0 Å². The first kappa shape index (κ1) is 24.2. The number of alkyl carbamates (subject to hydrolysis) is 1. The fourth-order valence-electron chi connectivity index (χ4n) is 2.33. The number of amides is 1. The van der Waals surface area contributed by atoms with Crippen molar-refractivity contribution in [3.63, 3.8) is 0 Å². The smallest absolute Gasteiger partial charge is 0.407 e. The molecule has 0 bridgehead atoms. The molecule has 7 heteroatoms. The van der Waals surface area contributed by atoms with Gasteiger partial charge in [0.25, 0.3) is 0 Å². The number of nitrogens with two attached hydrogens (primary N) is 1. The molecule has 0 aliphatic heterocycles. The summed E-state index contributed by atoms with van der Waals surface area (Å²) in [6.07, 6.45) is 2.50. The molecule has 0 saturated heterocycles. The second kappa shape index (κ2) is 14.2. The number of carbonyl (C=O) groups is 1. The molecule has 1 rings (SSSR count). The number of carbonyl (C=O) groups excluding carboxylic acids is 1. The van der Waals surface area contributed by atoms with Crippen molar-refractivity contribution in [3.05, 3.63) is 29.8 Å². The molecule has 1 aromatic rings. The predicted octanol–water partition coefficient (Wildman–Crippen LogP) is 2.90. The van der Waals surface area contributed by atoms with E-state index in [1.165, 1.54) is 5.56 Å². The Labute approximate surface area is 168 Å². The van der Waals surface area contributed by atoms with Gasteiger partial charge >= 0.3 is 6.09 Å². The monoisotopic (exact) mass is 396 g/mol. The molecule has 160 valence electrons. The molecule has 0 aromatic heterocycles. The highest BCUT2D eigenvalue weighted by Crippen LogP contribution is 2.14. The molecular weight excluding hydrogens is 360 g/mol. The van der Waals surface area contributed by atoms with Crippen molar-refractivity contribution < 1.29 is 23.7 Å². The van der Waals surface area contributed by atoms with E-state index in [2.05, 4.69) is 17.4 Å². The minimum absolute atomic E-state index is 0.360. The molecule has 0 atom stereocenters. The van der Waals surface area contributed by atoms with Gasteiger partial charge in [0.15, 0.2) is 0 Å². The average molecular weight is 397 g/mol. The zero-order chi connectivity index (χ0) is 20.7. The van der Waals surface area contributed by atoms with Gasteiger partial charge in [-0.1, -0.05) is 12.1 Å². The quantitative estimate of drug-likeness (QED) is 0.470. The van der Waals surface area contributed by atoms with E-state index in [9.17, 15) is 4.79 Å². The SMILES string of the molecule is CC(C)(C)OC(=O)NCCCCc1ccc(OCCOCCOCCN)cc1. The molecule has 0 spiro atoms. The fourth-order valence-corrected chi connectivity index (χ4v) is 2.33. The maximum atomic E-state index is 11.5. The minimum Gasteiger partial charge on any atom is -0.491 e. The highest BCUT2D eigenvalue weighted by molar-refractivity contribution is 5.67. The largest absolute Gasteiger partial charge is 0.491 e. The standard InChI is InChI=1S/C21H36N2O5/c1-21(2,3)28-20(24)23-12-5-4-6-18-7-9-19(10-8-18)27-17-16-26-15-14-25-13-11-22/h7-10H,4-6,11-17,22H2,1-3H3,(H,23,24). The summed E-state index contributed by atoms with van der Waals surface area (Å²) in [6.45, 7) is 9.41. The van der Waals surface area contributed by atoms with Crippen molar-refractivity contribution >= 4 is 6.09 Å². The summed E-state index contributed by atoms with van der Waals surface area (Å²) in [5, 5.41) is 2.78. The maximum Gasteiger partial charge on any atom is 0.407 e. The Bertz CT molecular complexity index is 529. The van der Waals surface area contributed by atoms with Crippen molar-refractivity contribution in [3.8, 4) is 5.75 Å². The molecule has 0 fully saturated rings. The van der Waals surface area contributed by atoms with E-state index in [-0.39, 0.29) is 6.09 Å². The van der Waals surface area contributed by atoms with Crippen LogP contribution in [0.4, 0.5) is 4.79 Å². The first-order valence-corrected chi connectivity index (χ1v) is 9.95. The van der Waals surface area contributed by atoms with Crippen LogP contribution in [0.1, 0.15) is 39.2 Å². The Balaban J connectivity index is 2.06. The second-order valence-electron chi connectivity index (χ2n) is 7.39. The van der Waals surface area contributed by atoms with Crippen molar-refractivity contribution in [1.29, 1.82) is 0 Å². The van der Waals surface area contributed by atoms with Crippen LogP contribution < -0.4 is 15.8 Å². The van der Waals surface area contributed by atoms with Crippen LogP contribution in [0, 0.1) is 0 Å². The number of aryl methyl sites for hydroxylation is 1. The zero-order valence-corrected chi connectivity index (χ0v) is 17.5. The van der Waals surface area contributed by atoms with Gasteiger partial charge in [-0.2, -0.15) is 0 Å². The van der Waals surface area contributed by atoms with Crippen LogP contribution in [0.2, 0.25) is 0 Å². The first-order chi connectivity index (χ1) is 13.4. The molecule has 0 saturated carbocycles. The normalized spacial score (nSPS) is 11.3. The lowest BCUT2D eigenvalue weighted by Gasteiger charge is -2.19. The van der Waals surface area contributed by atoms with Gasteiger partial charge in [0, 0.05) is 13.1 Å². The molecule has 0 radical (unpaired) electrons. The average Bonchev–Trinajstić information content (AvgIpc) is 2.63. The number of nitrogens with one attached hydrogen (secondary N) is 1. The van der Waals surface area contributed by atoms with Gasteiger partial charge in [0.05, 0.1) is 26.4 Å². The Morgan fingerprint density at radius 3 is 2.25 bits per heavy atom. The van der Waals surface area contributed by atoms with E-state index in [0.29, 0.717) is 46.1 Å². The summed E-state index contributed by atoms with van der Waals surface area (Å²) in [7, 11) is 0. The summed E-state index contributed by atoms with van der Waals surface area (Å²) in [5.74, 6) is 0.832. The van der Waals surface area contributed by atoms with Gasteiger partial charge in [0.2, 0.25) is 0 Å². The number of hydrogen-bond donors (Lipinski definition) is 2. The number of unbranched alkanes of at least 4 members (excludes halogenated alkanes) is 1. The summed E-state index contributed by atoms with van der Waals surface area (Å²) >= 11 is 0. The van der Waals surface area contributed by atoms with Crippen molar-refractivity contribution in [1.82, 2.24) is 5.32 Å². The Morgan fingerprint density at radius 1 is 0.964 bits per heavy atom. The molecule has 28 heavy (non-hydrogen) atoms. The van der Waals surface area contributed by atoms with Crippen molar-refractivity contribution in [2.24, 2.45) is 5.73 Å². The zero-order valence-electron chi connectivity index (χ0n) is 17.5. The highest BCUT2D eigenvalue weighted by Gasteiger charge is 2.15. The summed E-state index contributed by atoms with van der Waals surface area (Å²) < 4.78 is 21.5. The minimum atomic E-state index is -0.459. The molecular formula is C21H36N2O5. The van der Waals surface area contributed by atoms with E-state index >= 15 is 0 Å². The molecule has 0 heterocycles. The highest BCUT2D eigenvalue weighted by atomic mass is 16.6. The molecule has 0 aliphatic rings. The topological polar surface area (TPSA) is 92.0 Å². The molecule has 0 aliphatic carbocycles. The van der Waals surface area contributed by atoms with Gasteiger partial charge in [-0.15, -0.1) is 0 Å². The molecule has 0 unspecified atom stereocenters. The van der Waals surface area contributed by atoms with E-state index < -0.39 is 5.60 Å². The van der Waals surface area contributed by atoms with E-state index in [1.807, 2.05) is 32.9 Å². The van der Waals surface area contributed by atoms with Gasteiger partial charge in [0.1, 0.15) is 18.0 Å². The Hall–Kier alpha value is -1.83. The van der Waals surface area contributed by atoms with Gasteiger partial charge < -0.3 is 30.0 Å². The van der Waals surface area contributed by atoms with Crippen LogP contribution in [0.15, 0.2) is 24.3 Å². The van der Waals surface area contributed by atoms with Gasteiger partial charge in [-0.25, -0.2) is 4.79 Å². The number of benzene rings is 1. The third-order valence-corrected chi connectivity index (χ3v) is 3.61. The van der Waals surface area contributed by atoms with Crippen LogP contribution in [0.25, 0.3) is 0 Å². The molecule has 1 amide bonds. The third kappa shape index (κ3) is 13.4. The molecule has 7 nitrogen and oxygen atoms in total. The van der Waals surface area contributed by atoms with Crippen molar-refractivity contribution in [2.45, 2.75) is 45.6 Å². The van der Waals surface area contributed by atoms with Crippen molar-refractivity contribution in [2.75, 3.05) is 46.1 Å². The van der Waals surface area contributed by atoms with Crippen LogP contribution >= 0.6 is 0 Å². The van der Waals surface area contributed by atoms with E-state index in [4.69, 9.17) is 24.7 Å². The maximum absolute atomic E-state index is 11.5. The Kier molecular flexibility index (Phi) is 12.3. The summed E-state index contributed by atoms with van der Waals surface area (Å²) in [5.41, 5.74) is 6.12. The Morgan fingerprint density at radius 2 is 1.61 bits per heavy atom. The summed E-state index contributed by atoms with van der Waals surface area (Å²) in [4.78, 5) is 11.5.